The number of aromatic nitrogens is 3. The van der Waals surface area contributed by atoms with Crippen molar-refractivity contribution < 1.29 is 13.3 Å². The summed E-state index contributed by atoms with van der Waals surface area (Å²) in [6.45, 7) is 2.94. The highest BCUT2D eigenvalue weighted by molar-refractivity contribution is 7.99. The van der Waals surface area contributed by atoms with Crippen molar-refractivity contribution in [1.29, 1.82) is 0 Å². The van der Waals surface area contributed by atoms with Crippen molar-refractivity contribution in [3.05, 3.63) is 58.6 Å². The topological polar surface area (TPSA) is 111 Å². The third-order valence-corrected chi connectivity index (χ3v) is 8.57. The summed E-state index contributed by atoms with van der Waals surface area (Å²) in [7, 11) is -2.00. The van der Waals surface area contributed by atoms with Crippen LogP contribution in [0.2, 0.25) is 0 Å². The highest BCUT2D eigenvalue weighted by Crippen LogP contribution is 2.37. The van der Waals surface area contributed by atoms with Crippen molar-refractivity contribution in [1.82, 2.24) is 19.1 Å². The predicted octanol–water partition coefficient (Wildman–Crippen LogP) is 3.96. The van der Waals surface area contributed by atoms with Gasteiger partial charge in [0, 0.05) is 31.8 Å². The number of rotatable bonds is 6. The van der Waals surface area contributed by atoms with E-state index in [1.165, 1.54) is 16.4 Å². The lowest BCUT2D eigenvalue weighted by Gasteiger charge is -2.29. The fourth-order valence-corrected chi connectivity index (χ4v) is 5.97. The van der Waals surface area contributed by atoms with E-state index in [4.69, 9.17) is 0 Å². The predicted molar refractivity (Wildman–Crippen MR) is 121 cm³/mol. The number of nitrogens with zero attached hydrogens (tertiary/aromatic N) is 5. The van der Waals surface area contributed by atoms with E-state index in [-0.39, 0.29) is 10.6 Å². The average Bonchev–Trinajstić information content (AvgIpc) is 3.14. The van der Waals surface area contributed by atoms with Crippen molar-refractivity contribution >= 4 is 27.5 Å². The zero-order valence-corrected chi connectivity index (χ0v) is 19.3. The minimum Gasteiger partial charge on any atom is -0.305 e. The Hall–Kier alpha value is -2.76. The first-order valence-electron chi connectivity index (χ1n) is 10.2. The molecule has 32 heavy (non-hydrogen) atoms. The van der Waals surface area contributed by atoms with E-state index in [0.717, 1.165) is 36.2 Å². The molecule has 1 aromatic heterocycles. The number of piperidine rings is 1. The van der Waals surface area contributed by atoms with Crippen molar-refractivity contribution in [3.63, 3.8) is 0 Å². The Labute approximate surface area is 190 Å². The van der Waals surface area contributed by atoms with Crippen LogP contribution in [0.5, 0.6) is 0 Å². The van der Waals surface area contributed by atoms with Gasteiger partial charge in [-0.2, -0.15) is 4.31 Å². The van der Waals surface area contributed by atoms with Gasteiger partial charge in [-0.1, -0.05) is 37.3 Å². The first kappa shape index (κ1) is 22.4. The van der Waals surface area contributed by atoms with Gasteiger partial charge in [-0.3, -0.25) is 10.1 Å². The van der Waals surface area contributed by atoms with Crippen molar-refractivity contribution in [2.24, 2.45) is 13.0 Å². The van der Waals surface area contributed by atoms with E-state index in [2.05, 4.69) is 17.1 Å². The van der Waals surface area contributed by atoms with E-state index in [1.54, 1.807) is 11.6 Å². The van der Waals surface area contributed by atoms with Gasteiger partial charge in [0.25, 0.3) is 5.69 Å². The molecule has 1 saturated heterocycles. The van der Waals surface area contributed by atoms with E-state index >= 15 is 0 Å². The summed E-state index contributed by atoms with van der Waals surface area (Å²) in [4.78, 5) is 11.4. The highest BCUT2D eigenvalue weighted by atomic mass is 32.2. The maximum Gasteiger partial charge on any atom is 0.284 e. The Bertz CT molecular complexity index is 1240. The summed E-state index contributed by atoms with van der Waals surface area (Å²) in [5.74, 6) is 1.11. The number of sulfonamides is 1. The number of nitro benzene ring substituents is 1. The molecule has 0 atom stereocenters. The van der Waals surface area contributed by atoms with Crippen LogP contribution in [-0.4, -0.2) is 45.5 Å². The lowest BCUT2D eigenvalue weighted by molar-refractivity contribution is -0.388. The van der Waals surface area contributed by atoms with Gasteiger partial charge in [-0.25, -0.2) is 8.42 Å². The second-order valence-electron chi connectivity index (χ2n) is 7.81. The van der Waals surface area contributed by atoms with Gasteiger partial charge in [-0.05, 0) is 42.7 Å². The molecule has 1 fully saturated rings. The third kappa shape index (κ3) is 4.41. The summed E-state index contributed by atoms with van der Waals surface area (Å²) < 4.78 is 29.2. The SMILES string of the molecule is CC1CCN(S(=O)(=O)c2ccc(Sc3nnc(-c4ccccc4)n3C)c([N+](=O)[O-])c2)CC1. The second kappa shape index (κ2) is 9.00. The molecule has 0 amide bonds. The average molecular weight is 474 g/mol. The maximum absolute atomic E-state index is 13.0. The van der Waals surface area contributed by atoms with E-state index in [0.29, 0.717) is 34.9 Å². The molecule has 1 aliphatic heterocycles. The van der Waals surface area contributed by atoms with Crippen LogP contribution in [0.1, 0.15) is 19.8 Å². The van der Waals surface area contributed by atoms with Gasteiger partial charge < -0.3 is 4.57 Å². The lowest BCUT2D eigenvalue weighted by Crippen LogP contribution is -2.37. The van der Waals surface area contributed by atoms with E-state index < -0.39 is 14.9 Å². The summed E-state index contributed by atoms with van der Waals surface area (Å²) in [5, 5.41) is 20.6. The van der Waals surface area contributed by atoms with E-state index in [1.807, 2.05) is 30.3 Å². The molecule has 11 heteroatoms. The van der Waals surface area contributed by atoms with Gasteiger partial charge in [-0.15, -0.1) is 10.2 Å². The quantitative estimate of drug-likeness (QED) is 0.393. The minimum absolute atomic E-state index is 0.0638. The molecule has 0 bridgehead atoms. The van der Waals surface area contributed by atoms with Crippen LogP contribution in [0.4, 0.5) is 5.69 Å². The normalized spacial score (nSPS) is 15.7. The Kier molecular flexibility index (Phi) is 6.31. The van der Waals surface area contributed by atoms with Crippen LogP contribution in [-0.2, 0) is 17.1 Å². The van der Waals surface area contributed by atoms with Crippen LogP contribution in [0.3, 0.4) is 0 Å². The van der Waals surface area contributed by atoms with E-state index in [9.17, 15) is 18.5 Å². The molecule has 9 nitrogen and oxygen atoms in total. The Morgan fingerprint density at radius 3 is 2.44 bits per heavy atom. The monoisotopic (exact) mass is 473 g/mol. The molecule has 0 saturated carbocycles. The molecule has 2 heterocycles. The van der Waals surface area contributed by atoms with Crippen molar-refractivity contribution in [3.8, 4) is 11.4 Å². The molecular weight excluding hydrogens is 450 g/mol. The fraction of sp³-hybridized carbons (Fsp3) is 0.333. The number of hydrogen-bond donors (Lipinski definition) is 0. The van der Waals surface area contributed by atoms with Gasteiger partial charge >= 0.3 is 0 Å². The second-order valence-corrected chi connectivity index (χ2v) is 10.8. The molecule has 0 radical (unpaired) electrons. The fourth-order valence-electron chi connectivity index (χ4n) is 3.60. The molecule has 0 N–H and O–H groups in total. The largest absolute Gasteiger partial charge is 0.305 e. The summed E-state index contributed by atoms with van der Waals surface area (Å²) in [5.41, 5.74) is 0.604. The Morgan fingerprint density at radius 2 is 1.78 bits per heavy atom. The molecule has 1 aliphatic rings. The van der Waals surface area contributed by atoms with Crippen LogP contribution in [0.15, 0.2) is 63.5 Å². The van der Waals surface area contributed by atoms with Crippen molar-refractivity contribution in [2.75, 3.05) is 13.1 Å². The first-order chi connectivity index (χ1) is 15.3. The molecule has 0 unspecified atom stereocenters. The van der Waals surface area contributed by atoms with Crippen LogP contribution < -0.4 is 0 Å². The zero-order chi connectivity index (χ0) is 22.9. The van der Waals surface area contributed by atoms with Crippen LogP contribution >= 0.6 is 11.8 Å². The van der Waals surface area contributed by atoms with Gasteiger partial charge in [0.05, 0.1) is 14.7 Å². The number of nitro groups is 1. The molecule has 0 aliphatic carbocycles. The molecular formula is C21H23N5O4S2. The first-order valence-corrected chi connectivity index (χ1v) is 12.4. The summed E-state index contributed by atoms with van der Waals surface area (Å²) in [6, 6.07) is 13.5. The van der Waals surface area contributed by atoms with Crippen molar-refractivity contribution in [2.45, 2.75) is 34.7 Å². The van der Waals surface area contributed by atoms with Gasteiger partial charge in [0.1, 0.15) is 0 Å². The summed E-state index contributed by atoms with van der Waals surface area (Å²) in [6.07, 6.45) is 1.57. The third-order valence-electron chi connectivity index (χ3n) is 5.58. The smallest absolute Gasteiger partial charge is 0.284 e. The Balaban J connectivity index is 1.64. The number of hydrogen-bond acceptors (Lipinski definition) is 7. The lowest BCUT2D eigenvalue weighted by atomic mass is 10.0. The van der Waals surface area contributed by atoms with Crippen LogP contribution in [0.25, 0.3) is 11.4 Å². The highest BCUT2D eigenvalue weighted by Gasteiger charge is 2.30. The molecule has 168 valence electrons. The van der Waals surface area contributed by atoms with Crippen LogP contribution in [0, 0.1) is 16.0 Å². The standard InChI is InChI=1S/C21H23N5O4S2/c1-15-10-12-25(13-11-15)32(29,30)17-8-9-19(18(14-17)26(27)28)31-21-23-22-20(24(21)2)16-6-4-3-5-7-16/h3-9,14-15H,10-13H2,1-2H3. The summed E-state index contributed by atoms with van der Waals surface area (Å²) >= 11 is 1.08. The van der Waals surface area contributed by atoms with Gasteiger partial charge in [0.2, 0.25) is 10.0 Å². The van der Waals surface area contributed by atoms with Gasteiger partial charge in [0.15, 0.2) is 11.0 Å². The minimum atomic E-state index is -3.78. The molecule has 0 spiro atoms. The molecule has 2 aromatic carbocycles. The molecule has 3 aromatic rings. The maximum atomic E-state index is 13.0. The zero-order valence-electron chi connectivity index (χ0n) is 17.7. The number of benzene rings is 2. The Morgan fingerprint density at radius 1 is 1.09 bits per heavy atom. The molecule has 4 rings (SSSR count).